The summed E-state index contributed by atoms with van der Waals surface area (Å²) in [6, 6.07) is 16.5. The summed E-state index contributed by atoms with van der Waals surface area (Å²) in [7, 11) is 0. The van der Waals surface area contributed by atoms with Crippen molar-refractivity contribution >= 4 is 34.7 Å². The van der Waals surface area contributed by atoms with Crippen LogP contribution in [-0.2, 0) is 6.42 Å². The lowest BCUT2D eigenvalue weighted by molar-refractivity contribution is 1.20. The van der Waals surface area contributed by atoms with E-state index >= 15 is 0 Å². The van der Waals surface area contributed by atoms with Crippen LogP contribution in [0.5, 0.6) is 0 Å². The van der Waals surface area contributed by atoms with Crippen LogP contribution in [0.1, 0.15) is 4.88 Å². The number of hydrogen-bond donors (Lipinski definition) is 0. The number of nitrogens with zero attached hydrogens (tertiary/aromatic N) is 1. The van der Waals surface area contributed by atoms with Crippen molar-refractivity contribution in [2.75, 3.05) is 5.75 Å². The van der Waals surface area contributed by atoms with Crippen molar-refractivity contribution in [1.82, 2.24) is 4.98 Å². The number of rotatable bonds is 1. The fourth-order valence-corrected chi connectivity index (χ4v) is 4.85. The van der Waals surface area contributed by atoms with E-state index in [4.69, 9.17) is 16.6 Å². The van der Waals surface area contributed by atoms with Crippen molar-refractivity contribution in [3.63, 3.8) is 0 Å². The summed E-state index contributed by atoms with van der Waals surface area (Å²) in [6.07, 6.45) is 1.08. The van der Waals surface area contributed by atoms with Gasteiger partial charge in [0.15, 0.2) is 0 Å². The van der Waals surface area contributed by atoms with Gasteiger partial charge in [-0.05, 0) is 24.6 Å². The average molecular weight is 330 g/mol. The van der Waals surface area contributed by atoms with E-state index in [0.717, 1.165) is 33.5 Å². The zero-order chi connectivity index (χ0) is 14.2. The van der Waals surface area contributed by atoms with Gasteiger partial charge in [-0.1, -0.05) is 41.9 Å². The van der Waals surface area contributed by atoms with E-state index in [9.17, 15) is 0 Å². The summed E-state index contributed by atoms with van der Waals surface area (Å²) in [5, 5.41) is 1.84. The van der Waals surface area contributed by atoms with Gasteiger partial charge in [-0.25, -0.2) is 4.98 Å². The highest BCUT2D eigenvalue weighted by Crippen LogP contribution is 2.41. The predicted octanol–water partition coefficient (Wildman–Crippen LogP) is 5.78. The van der Waals surface area contributed by atoms with Crippen molar-refractivity contribution in [3.05, 3.63) is 58.4 Å². The summed E-state index contributed by atoms with van der Waals surface area (Å²) in [6.45, 7) is 0. The SMILES string of the molecule is Clc1ccc(-c2nc3c(s2)CCSc2ccccc2-3)cc1. The molecule has 104 valence electrons. The fourth-order valence-electron chi connectivity index (χ4n) is 2.49. The maximum atomic E-state index is 5.97. The maximum absolute atomic E-state index is 5.97. The number of thiazole rings is 1. The number of aromatic nitrogens is 1. The van der Waals surface area contributed by atoms with Gasteiger partial charge in [0.2, 0.25) is 0 Å². The summed E-state index contributed by atoms with van der Waals surface area (Å²) in [5.74, 6) is 1.12. The zero-order valence-corrected chi connectivity index (χ0v) is 13.6. The molecule has 1 nitrogen and oxygen atoms in total. The molecule has 0 bridgehead atoms. The van der Waals surface area contributed by atoms with E-state index in [-0.39, 0.29) is 0 Å². The van der Waals surface area contributed by atoms with Crippen molar-refractivity contribution in [1.29, 1.82) is 0 Å². The van der Waals surface area contributed by atoms with Crippen LogP contribution in [0.3, 0.4) is 0 Å². The number of benzene rings is 2. The second-order valence-corrected chi connectivity index (χ2v) is 7.55. The molecule has 0 aliphatic carbocycles. The lowest BCUT2D eigenvalue weighted by Gasteiger charge is -2.03. The molecular formula is C17H12ClNS2. The number of thioether (sulfide) groups is 1. The van der Waals surface area contributed by atoms with Crippen LogP contribution in [0.15, 0.2) is 53.4 Å². The molecule has 0 amide bonds. The predicted molar refractivity (Wildman–Crippen MR) is 92.4 cm³/mol. The van der Waals surface area contributed by atoms with Gasteiger partial charge in [-0.15, -0.1) is 23.1 Å². The first-order chi connectivity index (χ1) is 10.3. The van der Waals surface area contributed by atoms with Gasteiger partial charge in [-0.2, -0.15) is 0 Å². The van der Waals surface area contributed by atoms with E-state index < -0.39 is 0 Å². The highest BCUT2D eigenvalue weighted by atomic mass is 35.5. The summed E-state index contributed by atoms with van der Waals surface area (Å²) < 4.78 is 0. The molecule has 1 aliphatic heterocycles. The molecule has 0 N–H and O–H groups in total. The first kappa shape index (κ1) is 13.4. The van der Waals surface area contributed by atoms with Gasteiger partial charge in [-0.3, -0.25) is 0 Å². The van der Waals surface area contributed by atoms with Crippen LogP contribution in [0.4, 0.5) is 0 Å². The Kier molecular flexibility index (Phi) is 3.49. The minimum absolute atomic E-state index is 0.763. The van der Waals surface area contributed by atoms with Crippen LogP contribution in [0, 0.1) is 0 Å². The molecule has 1 aromatic heterocycles. The number of halogens is 1. The van der Waals surface area contributed by atoms with Gasteiger partial charge in [0.05, 0.1) is 5.69 Å². The summed E-state index contributed by atoms with van der Waals surface area (Å²) in [4.78, 5) is 7.64. The van der Waals surface area contributed by atoms with Gasteiger partial charge < -0.3 is 0 Å². The molecule has 0 spiro atoms. The quantitative estimate of drug-likeness (QED) is 0.561. The first-order valence-electron chi connectivity index (χ1n) is 6.79. The lowest BCUT2D eigenvalue weighted by atomic mass is 10.1. The number of fused-ring (bicyclic) bond motifs is 3. The van der Waals surface area contributed by atoms with Crippen LogP contribution < -0.4 is 0 Å². The Morgan fingerprint density at radius 1 is 1.00 bits per heavy atom. The largest absolute Gasteiger partial charge is 0.236 e. The molecule has 3 aromatic rings. The first-order valence-corrected chi connectivity index (χ1v) is 8.97. The van der Waals surface area contributed by atoms with Gasteiger partial charge in [0.25, 0.3) is 0 Å². The molecule has 0 fully saturated rings. The van der Waals surface area contributed by atoms with Crippen LogP contribution >= 0.6 is 34.7 Å². The Labute approximate surface area is 137 Å². The molecular weight excluding hydrogens is 318 g/mol. The van der Waals surface area contributed by atoms with E-state index in [1.54, 1.807) is 11.3 Å². The molecule has 4 rings (SSSR count). The monoisotopic (exact) mass is 329 g/mol. The highest BCUT2D eigenvalue weighted by molar-refractivity contribution is 7.99. The highest BCUT2D eigenvalue weighted by Gasteiger charge is 2.19. The minimum Gasteiger partial charge on any atom is -0.236 e. The Bertz CT molecular complexity index is 793. The Morgan fingerprint density at radius 3 is 2.67 bits per heavy atom. The number of hydrogen-bond acceptors (Lipinski definition) is 3. The molecule has 0 saturated carbocycles. The van der Waals surface area contributed by atoms with Crippen LogP contribution in [-0.4, -0.2) is 10.7 Å². The molecule has 0 unspecified atom stereocenters. The molecule has 0 atom stereocenters. The molecule has 2 heterocycles. The van der Waals surface area contributed by atoms with E-state index in [0.29, 0.717) is 0 Å². The smallest absolute Gasteiger partial charge is 0.124 e. The zero-order valence-electron chi connectivity index (χ0n) is 11.2. The molecule has 2 aromatic carbocycles. The maximum Gasteiger partial charge on any atom is 0.124 e. The normalized spacial score (nSPS) is 13.4. The second-order valence-electron chi connectivity index (χ2n) is 4.89. The topological polar surface area (TPSA) is 12.9 Å². The van der Waals surface area contributed by atoms with Crippen molar-refractivity contribution in [2.45, 2.75) is 11.3 Å². The van der Waals surface area contributed by atoms with Crippen molar-refractivity contribution in [3.8, 4) is 21.8 Å². The average Bonchev–Trinajstić information content (AvgIpc) is 2.85. The number of aryl methyl sites for hydroxylation is 1. The van der Waals surface area contributed by atoms with Gasteiger partial charge in [0, 0.05) is 31.7 Å². The molecule has 4 heteroatoms. The fraction of sp³-hybridized carbons (Fsp3) is 0.118. The summed E-state index contributed by atoms with van der Waals surface area (Å²) in [5.41, 5.74) is 3.57. The lowest BCUT2D eigenvalue weighted by Crippen LogP contribution is -1.84. The molecule has 21 heavy (non-hydrogen) atoms. The minimum atomic E-state index is 0.763. The Hall–Kier alpha value is -1.29. The van der Waals surface area contributed by atoms with Crippen LogP contribution in [0.25, 0.3) is 21.8 Å². The van der Waals surface area contributed by atoms with E-state index in [1.807, 2.05) is 36.0 Å². The summed E-state index contributed by atoms with van der Waals surface area (Å²) >= 11 is 9.70. The van der Waals surface area contributed by atoms with E-state index in [1.165, 1.54) is 15.3 Å². The Balaban J connectivity index is 1.85. The molecule has 0 saturated heterocycles. The van der Waals surface area contributed by atoms with Crippen molar-refractivity contribution < 1.29 is 0 Å². The van der Waals surface area contributed by atoms with Gasteiger partial charge >= 0.3 is 0 Å². The third kappa shape index (κ3) is 2.50. The third-order valence-corrected chi connectivity index (χ3v) is 6.01. The van der Waals surface area contributed by atoms with E-state index in [2.05, 4.69) is 24.3 Å². The second kappa shape index (κ2) is 5.48. The Morgan fingerprint density at radius 2 is 1.81 bits per heavy atom. The van der Waals surface area contributed by atoms with Crippen LogP contribution in [0.2, 0.25) is 5.02 Å². The van der Waals surface area contributed by atoms with Gasteiger partial charge in [0.1, 0.15) is 5.01 Å². The molecule has 0 radical (unpaired) electrons. The third-order valence-electron chi connectivity index (χ3n) is 3.52. The standard InChI is InChI=1S/C17H12ClNS2/c18-12-7-5-11(6-8-12)17-19-16-13-3-1-2-4-14(13)20-10-9-15(16)21-17/h1-8H,9-10H2. The van der Waals surface area contributed by atoms with Crippen molar-refractivity contribution in [2.24, 2.45) is 0 Å². The molecule has 1 aliphatic rings.